The molecule has 1 aromatic carbocycles. The third-order valence-electron chi connectivity index (χ3n) is 4.75. The largest absolute Gasteiger partial charge is 0.373 e. The van der Waals surface area contributed by atoms with Crippen molar-refractivity contribution in [3.8, 4) is 0 Å². The first-order valence-electron chi connectivity index (χ1n) is 9.54. The van der Waals surface area contributed by atoms with E-state index < -0.39 is 11.6 Å². The summed E-state index contributed by atoms with van der Waals surface area (Å²) in [6.45, 7) is 8.05. The summed E-state index contributed by atoms with van der Waals surface area (Å²) in [4.78, 5) is 34.5. The lowest BCUT2D eigenvalue weighted by atomic mass is 10.1. The minimum absolute atomic E-state index is 0.00132. The first-order valence-corrected chi connectivity index (χ1v) is 10.3. The van der Waals surface area contributed by atoms with Gasteiger partial charge in [0.2, 0.25) is 0 Å². The molecule has 1 saturated carbocycles. The molecule has 1 aromatic heterocycles. The highest BCUT2D eigenvalue weighted by molar-refractivity contribution is 9.10. The van der Waals surface area contributed by atoms with Crippen molar-refractivity contribution in [2.75, 3.05) is 0 Å². The number of benzene rings is 1. The molecule has 6 heteroatoms. The van der Waals surface area contributed by atoms with Crippen LogP contribution in [0.4, 0.5) is 0 Å². The number of aromatic nitrogens is 1. The van der Waals surface area contributed by atoms with E-state index >= 15 is 0 Å². The second kappa shape index (κ2) is 8.21. The summed E-state index contributed by atoms with van der Waals surface area (Å²) in [5, 5.41) is 0. The lowest BCUT2D eigenvalue weighted by Gasteiger charge is -2.16. The van der Waals surface area contributed by atoms with Crippen molar-refractivity contribution >= 4 is 21.9 Å². The molecular weight excluding hydrogens is 422 g/mol. The summed E-state index contributed by atoms with van der Waals surface area (Å²) >= 11 is 3.41. The molecule has 0 atom stereocenters. The van der Waals surface area contributed by atoms with Crippen molar-refractivity contribution < 1.29 is 14.6 Å². The van der Waals surface area contributed by atoms with Gasteiger partial charge in [0, 0.05) is 12.2 Å². The molecule has 5 nitrogen and oxygen atoms in total. The minimum Gasteiger partial charge on any atom is -0.311 e. The van der Waals surface area contributed by atoms with Gasteiger partial charge >= 0.3 is 5.97 Å². The molecule has 0 unspecified atom stereocenters. The fourth-order valence-electron chi connectivity index (χ4n) is 3.08. The Morgan fingerprint density at radius 1 is 1.21 bits per heavy atom. The molecule has 0 bridgehead atoms. The first-order chi connectivity index (χ1) is 13.2. The summed E-state index contributed by atoms with van der Waals surface area (Å²) in [6.07, 6.45) is 3.10. The van der Waals surface area contributed by atoms with Gasteiger partial charge in [-0.1, -0.05) is 12.1 Å². The molecule has 0 amide bonds. The number of halogens is 1. The van der Waals surface area contributed by atoms with Gasteiger partial charge in [0.25, 0.3) is 5.56 Å². The SMILES string of the molecule is Cc1c(C2CC2)cc(Br)c(=O)n1CCc1ccc(C(=O)OOC(C)(C)C)cc1. The van der Waals surface area contributed by atoms with Gasteiger partial charge in [-0.25, -0.2) is 4.79 Å². The van der Waals surface area contributed by atoms with Gasteiger partial charge in [0.05, 0.1) is 10.0 Å². The van der Waals surface area contributed by atoms with Gasteiger partial charge in [0.15, 0.2) is 0 Å². The van der Waals surface area contributed by atoms with Crippen LogP contribution in [-0.4, -0.2) is 16.1 Å². The predicted octanol–water partition coefficient (Wildman–Crippen LogP) is 4.93. The maximum atomic E-state index is 12.5. The summed E-state index contributed by atoms with van der Waals surface area (Å²) < 4.78 is 2.47. The van der Waals surface area contributed by atoms with Gasteiger partial charge in [0.1, 0.15) is 5.60 Å². The van der Waals surface area contributed by atoms with Gasteiger partial charge < -0.3 is 4.57 Å². The lowest BCUT2D eigenvalue weighted by molar-refractivity contribution is -0.301. The number of hydrogen-bond donors (Lipinski definition) is 0. The van der Waals surface area contributed by atoms with Crippen molar-refractivity contribution in [3.05, 3.63) is 67.5 Å². The van der Waals surface area contributed by atoms with Gasteiger partial charge in [-0.3, -0.25) is 9.68 Å². The zero-order valence-electron chi connectivity index (χ0n) is 16.8. The number of pyridine rings is 1. The molecule has 0 N–H and O–H groups in total. The lowest BCUT2D eigenvalue weighted by Crippen LogP contribution is -2.25. The fourth-order valence-corrected chi connectivity index (χ4v) is 3.54. The fraction of sp³-hybridized carbons (Fsp3) is 0.455. The topological polar surface area (TPSA) is 57.5 Å². The standard InChI is InChI=1S/C22H26BrNO4/c1-14-18(16-9-10-16)13-19(23)20(25)24(14)12-11-15-5-7-17(8-6-15)21(26)27-28-22(2,3)4/h5-8,13,16H,9-12H2,1-4H3. The number of carbonyl (C=O) groups excluding carboxylic acids is 1. The van der Waals surface area contributed by atoms with E-state index in [1.165, 1.54) is 18.4 Å². The smallest absolute Gasteiger partial charge is 0.311 e. The molecule has 1 fully saturated rings. The van der Waals surface area contributed by atoms with Crippen LogP contribution < -0.4 is 5.56 Å². The van der Waals surface area contributed by atoms with Gasteiger partial charge in [-0.2, -0.15) is 4.89 Å². The van der Waals surface area contributed by atoms with Crippen LogP contribution in [0.15, 0.2) is 39.6 Å². The van der Waals surface area contributed by atoms with Crippen LogP contribution in [0, 0.1) is 6.92 Å². The monoisotopic (exact) mass is 447 g/mol. The zero-order chi connectivity index (χ0) is 20.5. The van der Waals surface area contributed by atoms with E-state index in [2.05, 4.69) is 15.9 Å². The molecule has 1 aliphatic carbocycles. The van der Waals surface area contributed by atoms with Crippen LogP contribution >= 0.6 is 15.9 Å². The van der Waals surface area contributed by atoms with E-state index in [1.54, 1.807) is 12.1 Å². The molecule has 3 rings (SSSR count). The number of nitrogens with zero attached hydrogens (tertiary/aromatic N) is 1. The van der Waals surface area contributed by atoms with E-state index in [-0.39, 0.29) is 5.56 Å². The summed E-state index contributed by atoms with van der Waals surface area (Å²) in [5.74, 6) is 0.0679. The van der Waals surface area contributed by atoms with Crippen molar-refractivity contribution in [2.45, 2.75) is 65.0 Å². The molecule has 1 heterocycles. The normalized spacial score (nSPS) is 14.2. The van der Waals surface area contributed by atoms with E-state index in [4.69, 9.17) is 9.78 Å². The van der Waals surface area contributed by atoms with Crippen molar-refractivity contribution in [3.63, 3.8) is 0 Å². The summed E-state index contributed by atoms with van der Waals surface area (Å²) in [7, 11) is 0. The van der Waals surface area contributed by atoms with Crippen LogP contribution in [0.2, 0.25) is 0 Å². The van der Waals surface area contributed by atoms with Crippen LogP contribution in [0.5, 0.6) is 0 Å². The van der Waals surface area contributed by atoms with E-state index in [0.29, 0.717) is 28.9 Å². The molecule has 0 radical (unpaired) electrons. The Hall–Kier alpha value is -1.92. The summed E-state index contributed by atoms with van der Waals surface area (Å²) in [6, 6.07) is 9.18. The Bertz CT molecular complexity index is 921. The molecule has 28 heavy (non-hydrogen) atoms. The Balaban J connectivity index is 1.67. The highest BCUT2D eigenvalue weighted by Gasteiger charge is 2.27. The van der Waals surface area contributed by atoms with Crippen LogP contribution in [0.3, 0.4) is 0 Å². The van der Waals surface area contributed by atoms with Crippen LogP contribution in [-0.2, 0) is 22.7 Å². The van der Waals surface area contributed by atoms with Crippen molar-refractivity contribution in [1.29, 1.82) is 0 Å². The number of carbonyl (C=O) groups is 1. The Morgan fingerprint density at radius 3 is 2.43 bits per heavy atom. The zero-order valence-corrected chi connectivity index (χ0v) is 18.3. The molecule has 1 aliphatic rings. The average Bonchev–Trinajstić information content (AvgIpc) is 3.47. The molecule has 0 aliphatic heterocycles. The number of rotatable bonds is 6. The predicted molar refractivity (Wildman–Crippen MR) is 112 cm³/mol. The maximum Gasteiger partial charge on any atom is 0.373 e. The average molecular weight is 448 g/mol. The van der Waals surface area contributed by atoms with Crippen molar-refractivity contribution in [2.24, 2.45) is 0 Å². The maximum absolute atomic E-state index is 12.5. The Morgan fingerprint density at radius 2 is 1.86 bits per heavy atom. The quantitative estimate of drug-likeness (QED) is 0.465. The second-order valence-corrected chi connectivity index (χ2v) is 9.13. The number of hydrogen-bond acceptors (Lipinski definition) is 4. The summed E-state index contributed by atoms with van der Waals surface area (Å²) in [5.41, 5.74) is 3.25. The molecular formula is C22H26BrNO4. The molecule has 2 aromatic rings. The van der Waals surface area contributed by atoms with E-state index in [1.807, 2.05) is 50.5 Å². The molecule has 0 saturated heterocycles. The number of aryl methyl sites for hydroxylation is 1. The third kappa shape index (κ3) is 5.11. The molecule has 0 spiro atoms. The third-order valence-corrected chi connectivity index (χ3v) is 5.32. The molecule has 150 valence electrons. The van der Waals surface area contributed by atoms with Gasteiger partial charge in [-0.05, 0) is 98.1 Å². The van der Waals surface area contributed by atoms with E-state index in [0.717, 1.165) is 11.3 Å². The van der Waals surface area contributed by atoms with Crippen molar-refractivity contribution in [1.82, 2.24) is 4.57 Å². The second-order valence-electron chi connectivity index (χ2n) is 8.28. The highest BCUT2D eigenvalue weighted by atomic mass is 79.9. The van der Waals surface area contributed by atoms with Crippen LogP contribution in [0.1, 0.15) is 66.7 Å². The minimum atomic E-state index is -0.552. The Kier molecular flexibility index (Phi) is 6.10. The Labute approximate surface area is 173 Å². The van der Waals surface area contributed by atoms with Gasteiger partial charge in [-0.15, -0.1) is 0 Å². The van der Waals surface area contributed by atoms with Crippen LogP contribution in [0.25, 0.3) is 0 Å². The van der Waals surface area contributed by atoms with E-state index in [9.17, 15) is 9.59 Å². The first kappa shape index (κ1) is 20.8. The highest BCUT2D eigenvalue weighted by Crippen LogP contribution is 2.41.